The highest BCUT2D eigenvalue weighted by atomic mass is 35.5. The maximum Gasteiger partial charge on any atom is 0.0407 e. The van der Waals surface area contributed by atoms with Crippen molar-refractivity contribution in [1.29, 1.82) is 0 Å². The normalized spacial score (nSPS) is 10.5. The predicted octanol–water partition coefficient (Wildman–Crippen LogP) is 2.74. The average molecular weight is 152 g/mol. The molecule has 1 radical (unpaired) electrons. The van der Waals surface area contributed by atoms with E-state index in [0.29, 0.717) is 5.88 Å². The third-order valence-corrected chi connectivity index (χ3v) is 1.32. The van der Waals surface area contributed by atoms with Gasteiger partial charge in [-0.1, -0.05) is 36.4 Å². The smallest absolute Gasteiger partial charge is 0.0407 e. The Bertz CT molecular complexity index is 201. The molecule has 0 atom stereocenters. The molecule has 0 amide bonds. The molecule has 51 valence electrons. The lowest BCUT2D eigenvalue weighted by molar-refractivity contribution is 1.63. The summed E-state index contributed by atoms with van der Waals surface area (Å²) in [6.07, 6.45) is 3.90. The molecular weight excluding hydrogens is 144 g/mol. The molecule has 0 aliphatic rings. The zero-order valence-corrected chi connectivity index (χ0v) is 6.31. The van der Waals surface area contributed by atoms with Crippen LogP contribution in [-0.4, -0.2) is 5.88 Å². The van der Waals surface area contributed by atoms with Crippen molar-refractivity contribution in [3.05, 3.63) is 42.0 Å². The van der Waals surface area contributed by atoms with Crippen molar-refractivity contribution in [2.75, 3.05) is 5.88 Å². The Morgan fingerprint density at radius 1 is 1.40 bits per heavy atom. The highest BCUT2D eigenvalue weighted by Gasteiger charge is 1.79. The van der Waals surface area contributed by atoms with Crippen molar-refractivity contribution in [2.24, 2.45) is 0 Å². The van der Waals surface area contributed by atoms with Crippen LogP contribution < -0.4 is 0 Å². The summed E-state index contributed by atoms with van der Waals surface area (Å²) >= 11 is 5.46. The minimum atomic E-state index is 0.568. The average Bonchev–Trinajstić information content (AvgIpc) is 2.03. The number of alkyl halides is 1. The highest BCUT2D eigenvalue weighted by molar-refractivity contribution is 6.19. The molecule has 0 fully saturated rings. The van der Waals surface area contributed by atoms with Crippen molar-refractivity contribution in [2.45, 2.75) is 0 Å². The lowest BCUT2D eigenvalue weighted by Gasteiger charge is -1.87. The SMILES string of the molecule is ClCC=Cc1cc[c]cc1. The maximum atomic E-state index is 5.46. The van der Waals surface area contributed by atoms with Gasteiger partial charge in [0, 0.05) is 5.88 Å². The van der Waals surface area contributed by atoms with E-state index in [4.69, 9.17) is 11.6 Å². The summed E-state index contributed by atoms with van der Waals surface area (Å²) in [5, 5.41) is 0. The van der Waals surface area contributed by atoms with Crippen LogP contribution in [-0.2, 0) is 0 Å². The largest absolute Gasteiger partial charge is 0.122 e. The molecule has 1 aromatic carbocycles. The van der Waals surface area contributed by atoms with Crippen LogP contribution in [0.2, 0.25) is 0 Å². The molecule has 0 unspecified atom stereocenters. The minimum Gasteiger partial charge on any atom is -0.122 e. The lowest BCUT2D eigenvalue weighted by atomic mass is 10.2. The second kappa shape index (κ2) is 4.13. The van der Waals surface area contributed by atoms with Gasteiger partial charge in [0.15, 0.2) is 0 Å². The van der Waals surface area contributed by atoms with Crippen LogP contribution in [0, 0.1) is 6.07 Å². The third-order valence-electron chi connectivity index (χ3n) is 1.14. The molecule has 0 saturated heterocycles. The Kier molecular flexibility index (Phi) is 3.04. The Morgan fingerprint density at radius 3 is 2.70 bits per heavy atom. The van der Waals surface area contributed by atoms with Gasteiger partial charge in [0.2, 0.25) is 0 Å². The van der Waals surface area contributed by atoms with Crippen LogP contribution >= 0.6 is 11.6 Å². The van der Waals surface area contributed by atoms with E-state index in [1.807, 2.05) is 36.4 Å². The lowest BCUT2D eigenvalue weighted by Crippen LogP contribution is -1.68. The van der Waals surface area contributed by atoms with Crippen molar-refractivity contribution in [3.8, 4) is 0 Å². The Labute approximate surface area is 66.1 Å². The maximum absolute atomic E-state index is 5.46. The summed E-state index contributed by atoms with van der Waals surface area (Å²) in [7, 11) is 0. The quantitative estimate of drug-likeness (QED) is 0.571. The molecule has 1 heteroatoms. The summed E-state index contributed by atoms with van der Waals surface area (Å²) in [5.41, 5.74) is 1.17. The van der Waals surface area contributed by atoms with Crippen molar-refractivity contribution in [3.63, 3.8) is 0 Å². The highest BCUT2D eigenvalue weighted by Crippen LogP contribution is 1.99. The fraction of sp³-hybridized carbons (Fsp3) is 0.111. The second-order valence-corrected chi connectivity index (χ2v) is 2.20. The zero-order chi connectivity index (χ0) is 7.23. The molecule has 0 heterocycles. The van der Waals surface area contributed by atoms with Crippen molar-refractivity contribution in [1.82, 2.24) is 0 Å². The van der Waals surface area contributed by atoms with Gasteiger partial charge in [-0.05, 0) is 11.6 Å². The first-order chi connectivity index (χ1) is 4.93. The van der Waals surface area contributed by atoms with Crippen LogP contribution in [0.4, 0.5) is 0 Å². The topological polar surface area (TPSA) is 0 Å². The zero-order valence-electron chi connectivity index (χ0n) is 5.55. The van der Waals surface area contributed by atoms with Gasteiger partial charge >= 0.3 is 0 Å². The van der Waals surface area contributed by atoms with E-state index >= 15 is 0 Å². The number of hydrogen-bond donors (Lipinski definition) is 0. The third kappa shape index (κ3) is 2.24. The van der Waals surface area contributed by atoms with E-state index in [0.717, 1.165) is 0 Å². The molecule has 0 nitrogen and oxygen atoms in total. The molecule has 0 saturated carbocycles. The van der Waals surface area contributed by atoms with Gasteiger partial charge in [-0.2, -0.15) is 0 Å². The van der Waals surface area contributed by atoms with Crippen molar-refractivity contribution < 1.29 is 0 Å². The van der Waals surface area contributed by atoms with Gasteiger partial charge in [0.1, 0.15) is 0 Å². The summed E-state index contributed by atoms with van der Waals surface area (Å²) in [4.78, 5) is 0. The van der Waals surface area contributed by atoms with E-state index < -0.39 is 0 Å². The van der Waals surface area contributed by atoms with E-state index in [1.165, 1.54) is 5.56 Å². The minimum absolute atomic E-state index is 0.568. The fourth-order valence-electron chi connectivity index (χ4n) is 0.692. The van der Waals surface area contributed by atoms with E-state index in [1.54, 1.807) is 0 Å². The van der Waals surface area contributed by atoms with Crippen LogP contribution in [0.25, 0.3) is 6.08 Å². The number of benzene rings is 1. The molecule has 0 N–H and O–H groups in total. The number of allylic oxidation sites excluding steroid dienone is 1. The van der Waals surface area contributed by atoms with Crippen LogP contribution in [0.5, 0.6) is 0 Å². The Morgan fingerprint density at radius 2 is 2.10 bits per heavy atom. The molecule has 10 heavy (non-hydrogen) atoms. The first-order valence-electron chi connectivity index (χ1n) is 3.12. The Hall–Kier alpha value is -0.750. The van der Waals surface area contributed by atoms with Gasteiger partial charge in [0.25, 0.3) is 0 Å². The monoisotopic (exact) mass is 151 g/mol. The molecule has 0 aromatic heterocycles. The second-order valence-electron chi connectivity index (χ2n) is 1.89. The molecule has 1 rings (SSSR count). The summed E-state index contributed by atoms with van der Waals surface area (Å²) in [5.74, 6) is 0.568. The predicted molar refractivity (Wildman–Crippen MR) is 45.0 cm³/mol. The molecule has 0 bridgehead atoms. The summed E-state index contributed by atoms with van der Waals surface area (Å²) in [6.45, 7) is 0. The Balaban J connectivity index is 2.67. The molecule has 0 aliphatic heterocycles. The summed E-state index contributed by atoms with van der Waals surface area (Å²) in [6, 6.07) is 10.7. The number of halogens is 1. The van der Waals surface area contributed by atoms with Crippen LogP contribution in [0.3, 0.4) is 0 Å². The number of hydrogen-bond acceptors (Lipinski definition) is 0. The first-order valence-corrected chi connectivity index (χ1v) is 3.65. The van der Waals surface area contributed by atoms with Crippen molar-refractivity contribution >= 4 is 17.7 Å². The van der Waals surface area contributed by atoms with Gasteiger partial charge in [-0.3, -0.25) is 0 Å². The molecular formula is C9H8Cl. The van der Waals surface area contributed by atoms with Gasteiger partial charge in [-0.15, -0.1) is 11.6 Å². The molecule has 0 spiro atoms. The summed E-state index contributed by atoms with van der Waals surface area (Å²) < 4.78 is 0. The first kappa shape index (κ1) is 7.36. The van der Waals surface area contributed by atoms with Crippen LogP contribution in [0.15, 0.2) is 30.3 Å². The molecule has 1 aromatic rings. The standard InChI is InChI=1S/C9H8Cl/c10-8-4-7-9-5-2-1-3-6-9/h2-7H,8H2. The van der Waals surface area contributed by atoms with Crippen LogP contribution in [0.1, 0.15) is 5.56 Å². The fourth-order valence-corrected chi connectivity index (χ4v) is 0.781. The molecule has 0 aliphatic carbocycles. The van der Waals surface area contributed by atoms with Gasteiger partial charge in [0.05, 0.1) is 0 Å². The van der Waals surface area contributed by atoms with E-state index in [9.17, 15) is 0 Å². The van der Waals surface area contributed by atoms with Gasteiger partial charge < -0.3 is 0 Å². The van der Waals surface area contributed by atoms with Gasteiger partial charge in [-0.25, -0.2) is 0 Å². The van der Waals surface area contributed by atoms with E-state index in [-0.39, 0.29) is 0 Å². The number of rotatable bonds is 2. The van der Waals surface area contributed by atoms with E-state index in [2.05, 4.69) is 6.07 Å².